The first-order chi connectivity index (χ1) is 25.5. The van der Waals surface area contributed by atoms with Gasteiger partial charge in [-0.1, -0.05) is 81.4 Å². The smallest absolute Gasteiger partial charge is 0.336 e. The van der Waals surface area contributed by atoms with Crippen molar-refractivity contribution in [2.75, 3.05) is 20.0 Å². The lowest BCUT2D eigenvalue weighted by molar-refractivity contribution is -0.129. The van der Waals surface area contributed by atoms with Gasteiger partial charge in [0.15, 0.2) is 17.2 Å². The van der Waals surface area contributed by atoms with Gasteiger partial charge in [0, 0.05) is 58.7 Å². The fourth-order valence-electron chi connectivity index (χ4n) is 6.05. The molecule has 2 heterocycles. The number of rotatable bonds is 13. The standard InChI is InChI=1S/C41H43N5O6Si/c1-28-39(52-38(47)18-17-30-23-36(49-5)37(50-6)24-35(30)42)34(26-45-46-40(48)29-19-21-43-22-20-29)31(25-44-28)27-51-53(41(2,3)4,32-13-9-7-10-14-32)33-15-11-8-12-16-33/h7-26H,27,42H2,1-6H3,(H,46,48). The highest BCUT2D eigenvalue weighted by atomic mass is 28.4. The number of aromatic nitrogens is 2. The Hall–Kier alpha value is -6.11. The van der Waals surface area contributed by atoms with Crippen molar-refractivity contribution in [1.82, 2.24) is 15.4 Å². The summed E-state index contributed by atoms with van der Waals surface area (Å²) in [5.41, 5.74) is 11.5. The number of carbonyl (C=O) groups excluding carboxylic acids is 2. The molecule has 3 N–H and O–H groups in total. The first-order valence-electron chi connectivity index (χ1n) is 16.9. The van der Waals surface area contributed by atoms with Crippen LogP contribution in [0.15, 0.2) is 115 Å². The molecule has 0 spiro atoms. The molecule has 0 aliphatic heterocycles. The summed E-state index contributed by atoms with van der Waals surface area (Å²) in [6.07, 6.45) is 8.95. The van der Waals surface area contributed by atoms with Crippen LogP contribution >= 0.6 is 0 Å². The van der Waals surface area contributed by atoms with Gasteiger partial charge in [-0.3, -0.25) is 14.8 Å². The Morgan fingerprint density at radius 1 is 0.906 bits per heavy atom. The Morgan fingerprint density at radius 2 is 1.51 bits per heavy atom. The molecular weight excluding hydrogens is 687 g/mol. The number of nitrogens with one attached hydrogen (secondary N) is 1. The second kappa shape index (κ2) is 16.9. The van der Waals surface area contributed by atoms with Gasteiger partial charge in [-0.05, 0) is 46.6 Å². The molecule has 0 aliphatic rings. The lowest BCUT2D eigenvalue weighted by Crippen LogP contribution is -2.66. The summed E-state index contributed by atoms with van der Waals surface area (Å²) in [5, 5.41) is 6.17. The van der Waals surface area contributed by atoms with Gasteiger partial charge in [-0.2, -0.15) is 5.10 Å². The van der Waals surface area contributed by atoms with Gasteiger partial charge >= 0.3 is 5.97 Å². The predicted octanol–water partition coefficient (Wildman–Crippen LogP) is 5.84. The molecule has 53 heavy (non-hydrogen) atoms. The molecule has 1 amide bonds. The second-order valence-electron chi connectivity index (χ2n) is 13.1. The number of ether oxygens (including phenoxy) is 3. The van der Waals surface area contributed by atoms with Crippen LogP contribution in [0.25, 0.3) is 6.08 Å². The molecule has 0 saturated heterocycles. The maximum Gasteiger partial charge on any atom is 0.336 e. The number of pyridine rings is 2. The maximum absolute atomic E-state index is 13.4. The molecule has 5 aromatic rings. The number of esters is 1. The van der Waals surface area contributed by atoms with Gasteiger partial charge < -0.3 is 24.4 Å². The minimum Gasteiger partial charge on any atom is -0.493 e. The molecule has 0 radical (unpaired) electrons. The van der Waals surface area contributed by atoms with Crippen LogP contribution in [0.2, 0.25) is 5.04 Å². The van der Waals surface area contributed by atoms with Crippen molar-refractivity contribution in [1.29, 1.82) is 0 Å². The zero-order valence-electron chi connectivity index (χ0n) is 30.6. The molecular formula is C41H43N5O6Si. The number of carbonyl (C=O) groups is 2. The number of nitrogens with zero attached hydrogens (tertiary/aromatic N) is 3. The summed E-state index contributed by atoms with van der Waals surface area (Å²) in [6.45, 7) is 8.39. The summed E-state index contributed by atoms with van der Waals surface area (Å²) in [4.78, 5) is 34.8. The lowest BCUT2D eigenvalue weighted by atomic mass is 10.1. The van der Waals surface area contributed by atoms with Crippen LogP contribution in [0.3, 0.4) is 0 Å². The lowest BCUT2D eigenvalue weighted by Gasteiger charge is -2.43. The number of amides is 1. The average Bonchev–Trinajstić information content (AvgIpc) is 3.16. The number of hydrazone groups is 1. The van der Waals surface area contributed by atoms with Crippen LogP contribution < -0.4 is 35.7 Å². The number of nitrogen functional groups attached to an aromatic ring is 1. The molecule has 0 fully saturated rings. The summed E-state index contributed by atoms with van der Waals surface area (Å²) >= 11 is 0. The van der Waals surface area contributed by atoms with Gasteiger partial charge in [0.25, 0.3) is 14.2 Å². The Kier molecular flexibility index (Phi) is 12.2. The van der Waals surface area contributed by atoms with E-state index in [1.165, 1.54) is 45.0 Å². The van der Waals surface area contributed by atoms with Crippen LogP contribution in [0.1, 0.15) is 53.5 Å². The number of nitrogens with two attached hydrogens (primary N) is 1. The molecule has 0 atom stereocenters. The molecule has 272 valence electrons. The van der Waals surface area contributed by atoms with Gasteiger partial charge in [0.1, 0.15) is 0 Å². The summed E-state index contributed by atoms with van der Waals surface area (Å²) in [7, 11) is 0.0466. The van der Waals surface area contributed by atoms with Crippen molar-refractivity contribution < 1.29 is 28.2 Å². The molecule has 0 aliphatic carbocycles. The fraction of sp³-hybridized carbons (Fsp3) is 0.195. The van der Waals surface area contributed by atoms with E-state index in [0.29, 0.717) is 45.1 Å². The molecule has 0 unspecified atom stereocenters. The maximum atomic E-state index is 13.4. The molecule has 3 aromatic carbocycles. The number of methoxy groups -OCH3 is 2. The first-order valence-corrected chi connectivity index (χ1v) is 18.8. The van der Waals surface area contributed by atoms with Crippen molar-refractivity contribution in [2.45, 2.75) is 39.3 Å². The first kappa shape index (κ1) is 38.1. The van der Waals surface area contributed by atoms with E-state index in [1.54, 1.807) is 37.4 Å². The molecule has 12 heteroatoms. The summed E-state index contributed by atoms with van der Waals surface area (Å²) in [5.74, 6) is -0.0531. The van der Waals surface area contributed by atoms with E-state index in [-0.39, 0.29) is 17.4 Å². The van der Waals surface area contributed by atoms with Crippen molar-refractivity contribution in [3.63, 3.8) is 0 Å². The monoisotopic (exact) mass is 729 g/mol. The minimum absolute atomic E-state index is 0.1000. The van der Waals surface area contributed by atoms with Gasteiger partial charge in [0.05, 0.1) is 32.7 Å². The zero-order valence-corrected chi connectivity index (χ0v) is 31.6. The van der Waals surface area contributed by atoms with Gasteiger partial charge in [-0.15, -0.1) is 0 Å². The SMILES string of the molecule is COc1cc(N)c(C=CC(=O)Oc2c(C)ncc(CO[Si](c3ccccc3)(c3ccccc3)C(C)(C)C)c2C=NNC(=O)c2ccncc2)cc1OC. The minimum atomic E-state index is -2.98. The van der Waals surface area contributed by atoms with E-state index >= 15 is 0 Å². The molecule has 2 aromatic heterocycles. The highest BCUT2D eigenvalue weighted by molar-refractivity contribution is 6.99. The van der Waals surface area contributed by atoms with Crippen molar-refractivity contribution >= 4 is 48.5 Å². The number of benzene rings is 3. The van der Waals surface area contributed by atoms with Crippen LogP contribution in [0, 0.1) is 6.92 Å². The van der Waals surface area contributed by atoms with Crippen molar-refractivity contribution in [3.8, 4) is 17.2 Å². The fourth-order valence-corrected chi connectivity index (χ4v) is 10.6. The zero-order chi connectivity index (χ0) is 38.0. The quantitative estimate of drug-likeness (QED) is 0.0381. The third-order valence-electron chi connectivity index (χ3n) is 8.69. The molecule has 0 saturated carbocycles. The van der Waals surface area contributed by atoms with E-state index in [4.69, 9.17) is 24.4 Å². The average molecular weight is 730 g/mol. The number of hydrogen-bond acceptors (Lipinski definition) is 10. The third kappa shape index (κ3) is 8.68. The van der Waals surface area contributed by atoms with Crippen LogP contribution in [-0.4, -0.2) is 50.6 Å². The highest BCUT2D eigenvalue weighted by Gasteiger charge is 2.50. The number of hydrogen-bond donors (Lipinski definition) is 2. The third-order valence-corrected chi connectivity index (χ3v) is 13.7. The Morgan fingerprint density at radius 3 is 2.09 bits per heavy atom. The molecule has 11 nitrogen and oxygen atoms in total. The normalized spacial score (nSPS) is 11.8. The van der Waals surface area contributed by atoms with E-state index in [2.05, 4.69) is 65.5 Å². The Bertz CT molecular complexity index is 2060. The Labute approximate surface area is 310 Å². The topological polar surface area (TPSA) is 147 Å². The number of anilines is 1. The van der Waals surface area contributed by atoms with E-state index in [1.807, 2.05) is 36.4 Å². The Balaban J connectivity index is 1.54. The molecule has 5 rings (SSSR count). The summed E-state index contributed by atoms with van der Waals surface area (Å²) < 4.78 is 23.9. The van der Waals surface area contributed by atoms with E-state index < -0.39 is 20.2 Å². The van der Waals surface area contributed by atoms with Crippen LogP contribution in [0.5, 0.6) is 17.2 Å². The molecule has 0 bridgehead atoms. The summed E-state index contributed by atoms with van der Waals surface area (Å²) in [6, 6.07) is 26.9. The highest BCUT2D eigenvalue weighted by Crippen LogP contribution is 2.38. The van der Waals surface area contributed by atoms with Crippen molar-refractivity contribution in [2.24, 2.45) is 5.10 Å². The van der Waals surface area contributed by atoms with Crippen LogP contribution in [0.4, 0.5) is 5.69 Å². The second-order valence-corrected chi connectivity index (χ2v) is 17.4. The van der Waals surface area contributed by atoms with Crippen molar-refractivity contribution in [3.05, 3.63) is 138 Å². The van der Waals surface area contributed by atoms with Gasteiger partial charge in [0.2, 0.25) is 0 Å². The largest absolute Gasteiger partial charge is 0.493 e. The number of aryl methyl sites for hydroxylation is 1. The predicted molar refractivity (Wildman–Crippen MR) is 209 cm³/mol. The van der Waals surface area contributed by atoms with Gasteiger partial charge in [-0.25, -0.2) is 10.2 Å². The van der Waals surface area contributed by atoms with Crippen LogP contribution in [-0.2, 0) is 15.8 Å². The van der Waals surface area contributed by atoms with E-state index in [0.717, 1.165) is 10.4 Å². The van der Waals surface area contributed by atoms with E-state index in [9.17, 15) is 9.59 Å².